The van der Waals surface area contributed by atoms with E-state index in [0.29, 0.717) is 11.8 Å². The monoisotopic (exact) mass is 175 g/mol. The van der Waals surface area contributed by atoms with Crippen molar-refractivity contribution >= 4 is 0 Å². The van der Waals surface area contributed by atoms with Gasteiger partial charge in [0.05, 0.1) is 6.10 Å². The highest BCUT2D eigenvalue weighted by Gasteiger charge is 2.43. The third-order valence-corrected chi connectivity index (χ3v) is 3.47. The van der Waals surface area contributed by atoms with E-state index in [1.165, 1.54) is 11.1 Å². The number of aryl methyl sites for hydroxylation is 1. The Morgan fingerprint density at radius 1 is 1.38 bits per heavy atom. The van der Waals surface area contributed by atoms with Gasteiger partial charge < -0.3 is 5.11 Å². The lowest BCUT2D eigenvalue weighted by molar-refractivity contribution is 0.158. The van der Waals surface area contributed by atoms with Gasteiger partial charge in [-0.15, -0.1) is 0 Å². The highest BCUT2D eigenvalue weighted by atomic mass is 16.3. The number of fused-ring (bicyclic) bond motifs is 5. The maximum Gasteiger partial charge on any atom is 0.0615 e. The molecule has 1 N–H and O–H groups in total. The molecule has 1 fully saturated rings. The van der Waals surface area contributed by atoms with Gasteiger partial charge in [0, 0.05) is 17.8 Å². The summed E-state index contributed by atoms with van der Waals surface area (Å²) in [7, 11) is 0. The predicted molar refractivity (Wildman–Crippen MR) is 49.7 cm³/mol. The van der Waals surface area contributed by atoms with E-state index in [9.17, 15) is 5.11 Å². The molecule has 3 unspecified atom stereocenters. The van der Waals surface area contributed by atoms with Crippen molar-refractivity contribution in [3.05, 3.63) is 29.1 Å². The molecule has 1 aromatic rings. The van der Waals surface area contributed by atoms with Crippen LogP contribution in [0.4, 0.5) is 0 Å². The number of pyridine rings is 1. The zero-order valence-electron chi connectivity index (χ0n) is 7.70. The minimum Gasteiger partial charge on any atom is -0.392 e. The summed E-state index contributed by atoms with van der Waals surface area (Å²) in [4.78, 5) is 4.29. The van der Waals surface area contributed by atoms with E-state index in [4.69, 9.17) is 0 Å². The fraction of sp³-hybridized carbons (Fsp3) is 0.545. The third-order valence-electron chi connectivity index (χ3n) is 3.47. The summed E-state index contributed by atoms with van der Waals surface area (Å²) in [6.07, 6.45) is 3.95. The lowest BCUT2D eigenvalue weighted by Gasteiger charge is -2.19. The van der Waals surface area contributed by atoms with Crippen molar-refractivity contribution in [3.8, 4) is 0 Å². The van der Waals surface area contributed by atoms with Crippen LogP contribution < -0.4 is 0 Å². The third kappa shape index (κ3) is 0.894. The Hall–Kier alpha value is -0.890. The zero-order chi connectivity index (χ0) is 9.00. The van der Waals surface area contributed by atoms with Crippen molar-refractivity contribution < 1.29 is 5.11 Å². The summed E-state index contributed by atoms with van der Waals surface area (Å²) in [5.41, 5.74) is 3.85. The van der Waals surface area contributed by atoms with Gasteiger partial charge in [0.1, 0.15) is 0 Å². The van der Waals surface area contributed by atoms with Crippen LogP contribution in [-0.2, 0) is 0 Å². The highest BCUT2D eigenvalue weighted by Crippen LogP contribution is 2.52. The van der Waals surface area contributed by atoms with Crippen LogP contribution in [0.1, 0.15) is 41.5 Å². The van der Waals surface area contributed by atoms with Gasteiger partial charge in [0.25, 0.3) is 0 Å². The van der Waals surface area contributed by atoms with Crippen LogP contribution in [0.25, 0.3) is 0 Å². The van der Waals surface area contributed by atoms with Crippen molar-refractivity contribution in [2.24, 2.45) is 0 Å². The number of aliphatic hydroxyl groups excluding tert-OH is 1. The van der Waals surface area contributed by atoms with Crippen LogP contribution >= 0.6 is 0 Å². The van der Waals surface area contributed by atoms with Crippen LogP contribution in [0, 0.1) is 6.92 Å². The summed E-state index contributed by atoms with van der Waals surface area (Å²) in [5.74, 6) is 0.991. The molecule has 2 aliphatic carbocycles. The summed E-state index contributed by atoms with van der Waals surface area (Å²) in [6.45, 7) is 2.03. The van der Waals surface area contributed by atoms with E-state index < -0.39 is 0 Å². The summed E-state index contributed by atoms with van der Waals surface area (Å²) >= 11 is 0. The van der Waals surface area contributed by atoms with E-state index >= 15 is 0 Å². The van der Waals surface area contributed by atoms with Gasteiger partial charge in [-0.25, -0.2) is 0 Å². The van der Waals surface area contributed by atoms with Crippen LogP contribution in [-0.4, -0.2) is 16.2 Å². The molecule has 2 aliphatic rings. The Kier molecular flexibility index (Phi) is 1.34. The molecule has 1 aromatic heterocycles. The van der Waals surface area contributed by atoms with Crippen molar-refractivity contribution in [2.45, 2.75) is 37.7 Å². The standard InChI is InChI=1S/C11H13NO/c1-6-2-8-7-3-9(11(13)4-7)10(8)5-12-6/h2,5,7,9,11,13H,3-4H2,1H3. The van der Waals surface area contributed by atoms with Gasteiger partial charge in [-0.1, -0.05) is 0 Å². The molecule has 0 radical (unpaired) electrons. The quantitative estimate of drug-likeness (QED) is 0.651. The van der Waals surface area contributed by atoms with E-state index in [1.807, 2.05) is 13.1 Å². The lowest BCUT2D eigenvalue weighted by atomic mass is 9.91. The Bertz CT molecular complexity index is 361. The van der Waals surface area contributed by atoms with E-state index in [0.717, 1.165) is 18.5 Å². The molecule has 1 heterocycles. The number of aromatic nitrogens is 1. The summed E-state index contributed by atoms with van der Waals surface area (Å²) in [5, 5.41) is 9.71. The molecular formula is C11H13NO. The Morgan fingerprint density at radius 2 is 2.23 bits per heavy atom. The molecule has 13 heavy (non-hydrogen) atoms. The second-order valence-corrected chi connectivity index (χ2v) is 4.30. The first-order chi connectivity index (χ1) is 6.25. The SMILES string of the molecule is Cc1cc2c(cn1)C1CC2CC1O. The maximum atomic E-state index is 9.71. The smallest absolute Gasteiger partial charge is 0.0615 e. The minimum absolute atomic E-state index is 0.109. The van der Waals surface area contributed by atoms with Crippen molar-refractivity contribution in [1.82, 2.24) is 4.98 Å². The molecule has 0 amide bonds. The Morgan fingerprint density at radius 3 is 3.08 bits per heavy atom. The molecule has 0 aliphatic heterocycles. The number of rotatable bonds is 0. The molecule has 2 bridgehead atoms. The van der Waals surface area contributed by atoms with Gasteiger partial charge in [-0.05, 0) is 42.9 Å². The number of hydrogen-bond acceptors (Lipinski definition) is 2. The van der Waals surface area contributed by atoms with Crippen molar-refractivity contribution in [3.63, 3.8) is 0 Å². The van der Waals surface area contributed by atoms with Crippen LogP contribution in [0.15, 0.2) is 12.3 Å². The molecule has 1 saturated carbocycles. The van der Waals surface area contributed by atoms with Gasteiger partial charge in [-0.2, -0.15) is 0 Å². The molecule has 0 spiro atoms. The lowest BCUT2D eigenvalue weighted by Crippen LogP contribution is -2.15. The van der Waals surface area contributed by atoms with Gasteiger partial charge in [0.15, 0.2) is 0 Å². The fourth-order valence-corrected chi connectivity index (χ4v) is 2.86. The van der Waals surface area contributed by atoms with Crippen LogP contribution in [0.2, 0.25) is 0 Å². The molecule has 68 valence electrons. The molecule has 3 atom stereocenters. The number of aliphatic hydroxyl groups is 1. The number of hydrogen-bond donors (Lipinski definition) is 1. The van der Waals surface area contributed by atoms with Gasteiger partial charge in [-0.3, -0.25) is 4.98 Å². The predicted octanol–water partition coefficient (Wildman–Crippen LogP) is 1.73. The van der Waals surface area contributed by atoms with Crippen LogP contribution in [0.5, 0.6) is 0 Å². The Labute approximate surface area is 77.6 Å². The van der Waals surface area contributed by atoms with Crippen LogP contribution in [0.3, 0.4) is 0 Å². The van der Waals surface area contributed by atoms with Gasteiger partial charge >= 0.3 is 0 Å². The average molecular weight is 175 g/mol. The molecular weight excluding hydrogens is 162 g/mol. The first-order valence-electron chi connectivity index (χ1n) is 4.90. The average Bonchev–Trinajstić information content (AvgIpc) is 2.61. The molecule has 0 aromatic carbocycles. The fourth-order valence-electron chi connectivity index (χ4n) is 2.86. The molecule has 0 saturated heterocycles. The number of nitrogens with zero attached hydrogens (tertiary/aromatic N) is 1. The zero-order valence-corrected chi connectivity index (χ0v) is 7.70. The molecule has 2 heteroatoms. The highest BCUT2D eigenvalue weighted by molar-refractivity contribution is 5.41. The second-order valence-electron chi connectivity index (χ2n) is 4.30. The first kappa shape index (κ1) is 7.51. The normalized spacial score (nSPS) is 35.1. The van der Waals surface area contributed by atoms with E-state index in [-0.39, 0.29) is 6.10 Å². The Balaban J connectivity index is 2.16. The van der Waals surface area contributed by atoms with Crippen molar-refractivity contribution in [1.29, 1.82) is 0 Å². The maximum absolute atomic E-state index is 9.71. The second kappa shape index (κ2) is 2.32. The first-order valence-corrected chi connectivity index (χ1v) is 4.90. The summed E-state index contributed by atoms with van der Waals surface area (Å²) < 4.78 is 0. The summed E-state index contributed by atoms with van der Waals surface area (Å²) in [6, 6.07) is 2.19. The minimum atomic E-state index is -0.109. The van der Waals surface area contributed by atoms with Crippen molar-refractivity contribution in [2.75, 3.05) is 0 Å². The van der Waals surface area contributed by atoms with Gasteiger partial charge in [0.2, 0.25) is 0 Å². The van der Waals surface area contributed by atoms with E-state index in [2.05, 4.69) is 11.1 Å². The topological polar surface area (TPSA) is 33.1 Å². The largest absolute Gasteiger partial charge is 0.392 e. The molecule has 2 nitrogen and oxygen atoms in total. The molecule has 3 rings (SSSR count). The van der Waals surface area contributed by atoms with E-state index in [1.54, 1.807) is 0 Å².